The minimum Gasteiger partial charge on any atom is -0.473 e. The zero-order valence-corrected chi connectivity index (χ0v) is 18.8. The van der Waals surface area contributed by atoms with Gasteiger partial charge in [-0.1, -0.05) is 0 Å². The van der Waals surface area contributed by atoms with E-state index in [-0.39, 0.29) is 12.2 Å². The lowest BCUT2D eigenvalue weighted by Gasteiger charge is -2.26. The van der Waals surface area contributed by atoms with Crippen molar-refractivity contribution in [3.05, 3.63) is 42.0 Å². The Labute approximate surface area is 186 Å². The van der Waals surface area contributed by atoms with Gasteiger partial charge in [0.1, 0.15) is 23.6 Å². The average molecular weight is 459 g/mol. The summed E-state index contributed by atoms with van der Waals surface area (Å²) in [6.45, 7) is 1.77. The van der Waals surface area contributed by atoms with Gasteiger partial charge in [0.05, 0.1) is 11.7 Å². The highest BCUT2D eigenvalue weighted by Gasteiger charge is 2.23. The summed E-state index contributed by atoms with van der Waals surface area (Å²) in [5.41, 5.74) is 2.18. The fourth-order valence-electron chi connectivity index (χ4n) is 3.76. The summed E-state index contributed by atoms with van der Waals surface area (Å²) in [6, 6.07) is 3.62. The zero-order chi connectivity index (χ0) is 22.9. The van der Waals surface area contributed by atoms with Gasteiger partial charge in [-0.3, -0.25) is 9.52 Å². The third-order valence-electron chi connectivity index (χ3n) is 5.33. The van der Waals surface area contributed by atoms with E-state index in [1.807, 2.05) is 6.07 Å². The van der Waals surface area contributed by atoms with E-state index in [9.17, 15) is 14.1 Å². The predicted molar refractivity (Wildman–Crippen MR) is 123 cm³/mol. The number of rotatable bonds is 6. The van der Waals surface area contributed by atoms with Crippen molar-refractivity contribution in [3.8, 4) is 5.88 Å². The van der Waals surface area contributed by atoms with Crippen LogP contribution in [0.4, 0.5) is 11.5 Å². The van der Waals surface area contributed by atoms with Crippen LogP contribution in [0.15, 0.2) is 30.9 Å². The summed E-state index contributed by atoms with van der Waals surface area (Å²) in [7, 11) is -2.71. The molecule has 0 spiro atoms. The van der Waals surface area contributed by atoms with Gasteiger partial charge in [-0.25, -0.2) is 18.7 Å². The van der Waals surface area contributed by atoms with E-state index in [1.54, 1.807) is 29.9 Å². The molecule has 1 aliphatic rings. The van der Waals surface area contributed by atoms with Crippen molar-refractivity contribution >= 4 is 38.5 Å². The quantitative estimate of drug-likeness (QED) is 0.477. The van der Waals surface area contributed by atoms with Crippen molar-refractivity contribution < 1.29 is 18.8 Å². The number of aliphatic hydroxyl groups excluding tert-OH is 1. The molecule has 1 unspecified atom stereocenters. The summed E-state index contributed by atoms with van der Waals surface area (Å²) in [4.78, 5) is 21.3. The summed E-state index contributed by atoms with van der Waals surface area (Å²) in [6.07, 6.45) is 8.61. The van der Waals surface area contributed by atoms with E-state index in [0.717, 1.165) is 12.8 Å². The molecule has 1 amide bonds. The van der Waals surface area contributed by atoms with E-state index >= 15 is 0 Å². The molecule has 1 fully saturated rings. The number of aryl methyl sites for hydroxylation is 1. The maximum Gasteiger partial charge on any atom is 0.264 e. The van der Waals surface area contributed by atoms with Crippen molar-refractivity contribution in [1.29, 1.82) is 0 Å². The van der Waals surface area contributed by atoms with Gasteiger partial charge in [0.25, 0.3) is 5.91 Å². The SMILES string of the molecule is C=S(C)(=O)NC(=O)c1cn2ncnc(Nc3cccnc3OC3CCC(O)CC3)c2c1C. The van der Waals surface area contributed by atoms with Gasteiger partial charge >= 0.3 is 0 Å². The summed E-state index contributed by atoms with van der Waals surface area (Å²) < 4.78 is 22.0. The monoisotopic (exact) mass is 458 g/mol. The zero-order valence-electron chi connectivity index (χ0n) is 17.9. The van der Waals surface area contributed by atoms with Crippen LogP contribution in [0.25, 0.3) is 5.52 Å². The minimum atomic E-state index is -2.71. The molecule has 1 atom stereocenters. The number of anilines is 2. The predicted octanol–water partition coefficient (Wildman–Crippen LogP) is 1.85. The van der Waals surface area contributed by atoms with Crippen LogP contribution in [0.1, 0.15) is 41.6 Å². The molecule has 32 heavy (non-hydrogen) atoms. The Morgan fingerprint density at radius 3 is 2.78 bits per heavy atom. The topological polar surface area (TPSA) is 131 Å². The van der Waals surface area contributed by atoms with Gasteiger partial charge in [-0.15, -0.1) is 0 Å². The molecule has 0 saturated heterocycles. The molecule has 0 bridgehead atoms. The van der Waals surface area contributed by atoms with Crippen molar-refractivity contribution in [2.45, 2.75) is 44.8 Å². The van der Waals surface area contributed by atoms with E-state index in [4.69, 9.17) is 4.74 Å². The molecule has 3 N–H and O–H groups in total. The number of carbonyl (C=O) groups is 1. The molecule has 11 heteroatoms. The standard InChI is InChI=1S/C21H26N6O4S/c1-13-16(20(29)26-32(2,3)30)11-27-18(13)19(23-12-24-27)25-17-5-4-10-22-21(17)31-15-8-6-14(28)7-9-15/h4-5,10-12,14-15,28H,2,6-9H2,1,3H3,(H,23,24,25)(H,26,29,30). The number of aromatic nitrogens is 4. The Bertz CT molecular complexity index is 1250. The molecule has 0 aromatic carbocycles. The van der Waals surface area contributed by atoms with Crippen LogP contribution in [0, 0.1) is 6.92 Å². The molecule has 1 aliphatic carbocycles. The smallest absolute Gasteiger partial charge is 0.264 e. The summed E-state index contributed by atoms with van der Waals surface area (Å²) >= 11 is 0. The van der Waals surface area contributed by atoms with Crippen molar-refractivity contribution in [3.63, 3.8) is 0 Å². The third kappa shape index (κ3) is 4.83. The Morgan fingerprint density at radius 1 is 1.31 bits per heavy atom. The second kappa shape index (κ2) is 8.75. The van der Waals surface area contributed by atoms with Crippen LogP contribution in [0.5, 0.6) is 5.88 Å². The van der Waals surface area contributed by atoms with E-state index in [1.165, 1.54) is 12.6 Å². The molecular weight excluding hydrogens is 432 g/mol. The maximum atomic E-state index is 12.6. The fourth-order valence-corrected chi connectivity index (χ4v) is 4.26. The molecule has 10 nitrogen and oxygen atoms in total. The number of hydrogen-bond acceptors (Lipinski definition) is 8. The largest absolute Gasteiger partial charge is 0.473 e. The highest BCUT2D eigenvalue weighted by atomic mass is 32.2. The van der Waals surface area contributed by atoms with E-state index in [2.05, 4.69) is 31.0 Å². The molecule has 1 saturated carbocycles. The highest BCUT2D eigenvalue weighted by molar-refractivity contribution is 7.98. The number of nitrogens with one attached hydrogen (secondary N) is 2. The average Bonchev–Trinajstić information content (AvgIpc) is 3.08. The maximum absolute atomic E-state index is 12.6. The molecule has 170 valence electrons. The van der Waals surface area contributed by atoms with Crippen molar-refractivity contribution in [2.24, 2.45) is 0 Å². The second-order valence-electron chi connectivity index (χ2n) is 8.04. The van der Waals surface area contributed by atoms with Gasteiger partial charge in [0, 0.05) is 28.4 Å². The number of nitrogens with zero attached hydrogens (tertiary/aromatic N) is 4. The number of ether oxygens (including phenoxy) is 1. The Morgan fingerprint density at radius 2 is 2.06 bits per heavy atom. The normalized spacial score (nSPS) is 20.5. The molecule has 3 heterocycles. The first-order chi connectivity index (χ1) is 15.2. The van der Waals surface area contributed by atoms with Gasteiger partial charge in [0.2, 0.25) is 5.88 Å². The van der Waals surface area contributed by atoms with Crippen LogP contribution in [-0.4, -0.2) is 59.1 Å². The Balaban J connectivity index is 1.63. The van der Waals surface area contributed by atoms with Gasteiger partial charge < -0.3 is 15.2 Å². The van der Waals surface area contributed by atoms with Crippen LogP contribution in [-0.2, 0) is 9.71 Å². The van der Waals surface area contributed by atoms with Gasteiger partial charge in [0.15, 0.2) is 5.82 Å². The molecule has 0 radical (unpaired) electrons. The molecule has 0 aliphatic heterocycles. The van der Waals surface area contributed by atoms with Gasteiger partial charge in [-0.05, 0) is 56.2 Å². The Hall–Kier alpha value is -3.18. The van der Waals surface area contributed by atoms with Crippen LogP contribution >= 0.6 is 0 Å². The van der Waals surface area contributed by atoms with Crippen LogP contribution in [0.2, 0.25) is 0 Å². The van der Waals surface area contributed by atoms with Crippen LogP contribution < -0.4 is 14.8 Å². The first kappa shape index (κ1) is 22.0. The second-order valence-corrected chi connectivity index (χ2v) is 10.2. The fraction of sp³-hybridized carbons (Fsp3) is 0.381. The highest BCUT2D eigenvalue weighted by Crippen LogP contribution is 2.31. The number of pyridine rings is 1. The number of aliphatic hydroxyl groups is 1. The minimum absolute atomic E-state index is 0.0174. The summed E-state index contributed by atoms with van der Waals surface area (Å²) in [5, 5.41) is 17.2. The first-order valence-corrected chi connectivity index (χ1v) is 12.4. The van der Waals surface area contributed by atoms with Crippen molar-refractivity contribution in [2.75, 3.05) is 11.6 Å². The van der Waals surface area contributed by atoms with E-state index in [0.29, 0.717) is 46.9 Å². The van der Waals surface area contributed by atoms with Crippen LogP contribution in [0.3, 0.4) is 0 Å². The lowest BCUT2D eigenvalue weighted by molar-refractivity contribution is 0.0647. The Kier molecular flexibility index (Phi) is 6.02. The lowest BCUT2D eigenvalue weighted by Crippen LogP contribution is -2.29. The third-order valence-corrected chi connectivity index (χ3v) is 5.94. The number of amides is 1. The summed E-state index contributed by atoms with van der Waals surface area (Å²) in [5.74, 6) is 3.89. The van der Waals surface area contributed by atoms with Crippen molar-refractivity contribution in [1.82, 2.24) is 24.3 Å². The number of carbonyl (C=O) groups excluding carboxylic acids is 1. The molecule has 3 aromatic rings. The molecule has 3 aromatic heterocycles. The van der Waals surface area contributed by atoms with E-state index < -0.39 is 15.6 Å². The number of hydrogen-bond donors (Lipinski definition) is 3. The number of fused-ring (bicyclic) bond motifs is 1. The lowest BCUT2D eigenvalue weighted by atomic mass is 9.95. The molecule has 4 rings (SSSR count). The molecular formula is C21H26N6O4S. The first-order valence-electron chi connectivity index (χ1n) is 10.3. The van der Waals surface area contributed by atoms with Gasteiger partial charge in [-0.2, -0.15) is 5.10 Å².